The Hall–Kier alpha value is -2.21. The minimum absolute atomic E-state index is 0.332. The Morgan fingerprint density at radius 3 is 2.83 bits per heavy atom. The number of thiazole rings is 1. The van der Waals surface area contributed by atoms with Gasteiger partial charge in [-0.1, -0.05) is 0 Å². The van der Waals surface area contributed by atoms with Crippen molar-refractivity contribution in [2.75, 3.05) is 5.32 Å². The van der Waals surface area contributed by atoms with Gasteiger partial charge in [-0.2, -0.15) is 0 Å². The summed E-state index contributed by atoms with van der Waals surface area (Å²) >= 11 is 1.54. The highest BCUT2D eigenvalue weighted by molar-refractivity contribution is 7.07. The fourth-order valence-electron chi connectivity index (χ4n) is 1.80. The van der Waals surface area contributed by atoms with Crippen LogP contribution in [-0.4, -0.2) is 16.8 Å². The summed E-state index contributed by atoms with van der Waals surface area (Å²) in [6.07, 6.45) is 0. The Morgan fingerprint density at radius 1 is 1.22 bits per heavy atom. The maximum atomic E-state index is 11.5. The molecule has 0 aliphatic carbocycles. The predicted octanol–water partition coefficient (Wildman–Crippen LogP) is 1.64. The van der Waals surface area contributed by atoms with Crippen LogP contribution in [0.2, 0.25) is 0 Å². The lowest BCUT2D eigenvalue weighted by molar-refractivity contribution is 0.0879. The predicted molar refractivity (Wildman–Crippen MR) is 67.7 cm³/mol. The lowest BCUT2D eigenvalue weighted by atomic mass is 10.1. The van der Waals surface area contributed by atoms with Crippen molar-refractivity contribution in [3.8, 4) is 0 Å². The quantitative estimate of drug-likeness (QED) is 0.822. The van der Waals surface area contributed by atoms with E-state index in [2.05, 4.69) is 15.6 Å². The highest BCUT2D eigenvalue weighted by Gasteiger charge is 2.26. The summed E-state index contributed by atoms with van der Waals surface area (Å²) in [6.45, 7) is 0.595. The summed E-state index contributed by atoms with van der Waals surface area (Å²) in [5.74, 6) is -0.673. The summed E-state index contributed by atoms with van der Waals surface area (Å²) in [7, 11) is 0. The molecule has 0 spiro atoms. The largest absolute Gasteiger partial charge is 0.379 e. The van der Waals surface area contributed by atoms with Gasteiger partial charge in [0.2, 0.25) is 0 Å². The van der Waals surface area contributed by atoms with Crippen molar-refractivity contribution in [1.29, 1.82) is 0 Å². The number of aromatic nitrogens is 1. The topological polar surface area (TPSA) is 71.1 Å². The van der Waals surface area contributed by atoms with Crippen molar-refractivity contribution in [2.24, 2.45) is 0 Å². The van der Waals surface area contributed by atoms with E-state index in [1.54, 1.807) is 23.7 Å². The van der Waals surface area contributed by atoms with E-state index in [0.717, 1.165) is 11.4 Å². The number of rotatable bonds is 3. The smallest absolute Gasteiger partial charge is 0.259 e. The highest BCUT2D eigenvalue weighted by atomic mass is 32.1. The number of hydrogen-bond acceptors (Lipinski definition) is 5. The third-order valence-corrected chi connectivity index (χ3v) is 3.33. The Balaban J connectivity index is 1.81. The van der Waals surface area contributed by atoms with Crippen LogP contribution in [0, 0.1) is 0 Å². The minimum Gasteiger partial charge on any atom is -0.379 e. The zero-order valence-electron chi connectivity index (χ0n) is 9.27. The molecule has 1 aromatic carbocycles. The maximum absolute atomic E-state index is 11.5. The fraction of sp³-hybridized carbons (Fsp3) is 0.0833. The van der Waals surface area contributed by atoms with Crippen molar-refractivity contribution in [1.82, 2.24) is 10.3 Å². The van der Waals surface area contributed by atoms with Crippen molar-refractivity contribution < 1.29 is 9.59 Å². The molecule has 3 rings (SSSR count). The maximum Gasteiger partial charge on any atom is 0.259 e. The molecule has 0 saturated heterocycles. The van der Waals surface area contributed by atoms with Crippen molar-refractivity contribution in [3.63, 3.8) is 0 Å². The number of hydrogen-bond donors (Lipinski definition) is 2. The number of nitrogens with zero attached hydrogens (tertiary/aromatic N) is 1. The molecule has 1 aliphatic rings. The van der Waals surface area contributed by atoms with Crippen LogP contribution in [0.5, 0.6) is 0 Å². The third kappa shape index (κ3) is 1.86. The zero-order valence-corrected chi connectivity index (χ0v) is 10.1. The normalized spacial score (nSPS) is 13.3. The van der Waals surface area contributed by atoms with Crippen LogP contribution in [0.4, 0.5) is 5.69 Å². The minimum atomic E-state index is -0.340. The Kier molecular flexibility index (Phi) is 2.56. The molecule has 18 heavy (non-hydrogen) atoms. The first kappa shape index (κ1) is 10.9. The molecule has 5 nitrogen and oxygen atoms in total. The second kappa shape index (κ2) is 4.23. The molecule has 2 N–H and O–H groups in total. The molecule has 0 radical (unpaired) electrons. The van der Waals surface area contributed by atoms with E-state index in [1.165, 1.54) is 11.3 Å². The van der Waals surface area contributed by atoms with Crippen molar-refractivity contribution >= 4 is 28.8 Å². The number of anilines is 1. The zero-order chi connectivity index (χ0) is 12.5. The molecule has 1 aromatic heterocycles. The standard InChI is InChI=1S/C12H9N3O2S/c16-11-9-2-1-7(3-10(9)12(17)15-11)13-4-8-5-18-6-14-8/h1-3,5-6,13H,4H2,(H,15,16,17). The summed E-state index contributed by atoms with van der Waals surface area (Å²) in [5.41, 5.74) is 4.36. The van der Waals surface area contributed by atoms with Crippen LogP contribution in [-0.2, 0) is 6.54 Å². The van der Waals surface area contributed by atoms with Gasteiger partial charge in [-0.3, -0.25) is 14.9 Å². The second-order valence-corrected chi connectivity index (χ2v) is 4.60. The van der Waals surface area contributed by atoms with Gasteiger partial charge in [-0.25, -0.2) is 4.98 Å². The Bertz CT molecular complexity index is 622. The molecule has 0 fully saturated rings. The Morgan fingerprint density at radius 2 is 2.06 bits per heavy atom. The van der Waals surface area contributed by atoms with E-state index in [0.29, 0.717) is 17.7 Å². The van der Waals surface area contributed by atoms with Gasteiger partial charge >= 0.3 is 0 Å². The van der Waals surface area contributed by atoms with Crippen LogP contribution in [0.15, 0.2) is 29.1 Å². The molecule has 1 aliphatic heterocycles. The molecule has 0 bridgehead atoms. The van der Waals surface area contributed by atoms with Crippen molar-refractivity contribution in [3.05, 3.63) is 45.9 Å². The molecular weight excluding hydrogens is 250 g/mol. The van der Waals surface area contributed by atoms with Gasteiger partial charge in [-0.05, 0) is 18.2 Å². The lowest BCUT2D eigenvalue weighted by Crippen LogP contribution is -2.19. The Labute approximate surface area is 107 Å². The molecule has 0 unspecified atom stereocenters. The fourth-order valence-corrected chi connectivity index (χ4v) is 2.35. The summed E-state index contributed by atoms with van der Waals surface area (Å²) < 4.78 is 0. The molecule has 2 aromatic rings. The van der Waals surface area contributed by atoms with Crippen LogP contribution >= 0.6 is 11.3 Å². The number of amides is 2. The third-order valence-electron chi connectivity index (χ3n) is 2.69. The van der Waals surface area contributed by atoms with E-state index in [-0.39, 0.29) is 11.8 Å². The van der Waals surface area contributed by atoms with E-state index in [4.69, 9.17) is 0 Å². The van der Waals surface area contributed by atoms with Crippen molar-refractivity contribution in [2.45, 2.75) is 6.54 Å². The summed E-state index contributed by atoms with van der Waals surface area (Å²) in [5, 5.41) is 7.38. The first-order valence-electron chi connectivity index (χ1n) is 5.35. The van der Waals surface area contributed by atoms with Gasteiger partial charge in [0.15, 0.2) is 0 Å². The number of benzene rings is 1. The summed E-state index contributed by atoms with van der Waals surface area (Å²) in [6, 6.07) is 5.12. The van der Waals surface area contributed by atoms with Crippen LogP contribution in [0.3, 0.4) is 0 Å². The van der Waals surface area contributed by atoms with Gasteiger partial charge in [0.25, 0.3) is 11.8 Å². The summed E-state index contributed by atoms with van der Waals surface area (Å²) in [4.78, 5) is 27.0. The molecule has 6 heteroatoms. The molecular formula is C12H9N3O2S. The van der Waals surface area contributed by atoms with E-state index in [1.807, 2.05) is 5.38 Å². The van der Waals surface area contributed by atoms with E-state index in [9.17, 15) is 9.59 Å². The molecule has 0 saturated carbocycles. The first-order chi connectivity index (χ1) is 8.74. The molecule has 90 valence electrons. The number of fused-ring (bicyclic) bond motifs is 1. The number of carbonyl (C=O) groups excluding carboxylic acids is 2. The van der Waals surface area contributed by atoms with Crippen LogP contribution in [0.1, 0.15) is 26.4 Å². The van der Waals surface area contributed by atoms with Crippen LogP contribution < -0.4 is 10.6 Å². The average Bonchev–Trinajstić information content (AvgIpc) is 2.97. The number of carbonyl (C=O) groups is 2. The van der Waals surface area contributed by atoms with Gasteiger partial charge < -0.3 is 5.32 Å². The monoisotopic (exact) mass is 259 g/mol. The van der Waals surface area contributed by atoms with Gasteiger partial charge in [-0.15, -0.1) is 11.3 Å². The van der Waals surface area contributed by atoms with Gasteiger partial charge in [0, 0.05) is 11.1 Å². The van der Waals surface area contributed by atoms with E-state index >= 15 is 0 Å². The van der Waals surface area contributed by atoms with Crippen LogP contribution in [0.25, 0.3) is 0 Å². The molecule has 2 heterocycles. The number of nitrogens with one attached hydrogen (secondary N) is 2. The second-order valence-electron chi connectivity index (χ2n) is 3.88. The average molecular weight is 259 g/mol. The van der Waals surface area contributed by atoms with E-state index < -0.39 is 0 Å². The molecule has 2 amide bonds. The number of imide groups is 1. The first-order valence-corrected chi connectivity index (χ1v) is 6.29. The SMILES string of the molecule is O=C1NC(=O)c2cc(NCc3cscn3)ccc21. The van der Waals surface area contributed by atoms with Gasteiger partial charge in [0.05, 0.1) is 28.9 Å². The lowest BCUT2D eigenvalue weighted by Gasteiger charge is -2.05. The molecule has 0 atom stereocenters. The highest BCUT2D eigenvalue weighted by Crippen LogP contribution is 2.20. The van der Waals surface area contributed by atoms with Gasteiger partial charge in [0.1, 0.15) is 0 Å².